The topological polar surface area (TPSA) is 78.9 Å². The van der Waals surface area contributed by atoms with E-state index in [1.54, 1.807) is 5.41 Å². The summed E-state index contributed by atoms with van der Waals surface area (Å²) in [4.78, 5) is 37.1. The zero-order chi connectivity index (χ0) is 20.7. The first-order valence-corrected chi connectivity index (χ1v) is 10.9. The quantitative estimate of drug-likeness (QED) is 0.306. The van der Waals surface area contributed by atoms with Gasteiger partial charge in [-0.1, -0.05) is 20.4 Å². The van der Waals surface area contributed by atoms with Gasteiger partial charge in [-0.3, -0.25) is 9.59 Å². The summed E-state index contributed by atoms with van der Waals surface area (Å²) >= 11 is 1.41. The lowest BCUT2D eigenvalue weighted by Crippen LogP contribution is -2.50. The number of hydrogen-bond donors (Lipinski definition) is 0. The van der Waals surface area contributed by atoms with Gasteiger partial charge < -0.3 is 14.2 Å². The minimum absolute atomic E-state index is 0.134. The molecule has 1 heterocycles. The van der Waals surface area contributed by atoms with Gasteiger partial charge in [0.05, 0.1) is 0 Å². The molecule has 3 aliphatic rings. The van der Waals surface area contributed by atoms with Crippen LogP contribution in [0.2, 0.25) is 0 Å². The molecule has 3 fully saturated rings. The summed E-state index contributed by atoms with van der Waals surface area (Å²) in [6.07, 6.45) is 4.08. The van der Waals surface area contributed by atoms with E-state index in [2.05, 4.69) is 20.4 Å². The average molecular weight is 409 g/mol. The number of ether oxygens (including phenoxy) is 3. The van der Waals surface area contributed by atoms with Crippen LogP contribution in [0.1, 0.15) is 40.0 Å². The molecular weight excluding hydrogens is 380 g/mol. The van der Waals surface area contributed by atoms with Gasteiger partial charge in [-0.25, -0.2) is 4.79 Å². The molecule has 2 saturated carbocycles. The van der Waals surface area contributed by atoms with Crippen LogP contribution in [-0.4, -0.2) is 43.0 Å². The zero-order valence-corrected chi connectivity index (χ0v) is 17.7. The van der Waals surface area contributed by atoms with Crippen molar-refractivity contribution in [1.29, 1.82) is 0 Å². The number of esters is 3. The number of cyclic esters (lactones) is 1. The van der Waals surface area contributed by atoms with Crippen LogP contribution in [0, 0.1) is 22.7 Å². The van der Waals surface area contributed by atoms with Crippen molar-refractivity contribution in [2.75, 3.05) is 12.9 Å². The van der Waals surface area contributed by atoms with E-state index in [1.807, 2.05) is 6.26 Å². The van der Waals surface area contributed by atoms with Crippen molar-refractivity contribution in [2.45, 2.75) is 52.2 Å². The van der Waals surface area contributed by atoms with E-state index in [1.165, 1.54) is 24.8 Å². The second kappa shape index (κ2) is 7.58. The SMILES string of the molecule is C=C1COC(=O)C12C[C@@]1(C)[C@H]([C@@H](OC(=O)/C=C\SC)CC[C@@H]1C)[C@H]2OC(C)=O. The molecule has 1 aliphatic heterocycles. The molecule has 0 N–H and O–H groups in total. The number of fused-ring (bicyclic) bond motifs is 1. The zero-order valence-electron chi connectivity index (χ0n) is 16.9. The molecular formula is C21H28O6S. The third-order valence-corrected chi connectivity index (χ3v) is 7.33. The molecule has 28 heavy (non-hydrogen) atoms. The molecule has 6 nitrogen and oxygen atoms in total. The molecule has 6 atom stereocenters. The molecule has 3 rings (SSSR count). The van der Waals surface area contributed by atoms with Crippen molar-refractivity contribution in [3.63, 3.8) is 0 Å². The summed E-state index contributed by atoms with van der Waals surface area (Å²) in [5, 5.41) is 1.67. The largest absolute Gasteiger partial charge is 0.461 e. The molecule has 154 valence electrons. The molecule has 1 spiro atoms. The van der Waals surface area contributed by atoms with Gasteiger partial charge in [0.1, 0.15) is 24.2 Å². The van der Waals surface area contributed by atoms with Crippen LogP contribution in [0.3, 0.4) is 0 Å². The van der Waals surface area contributed by atoms with Gasteiger partial charge in [0.25, 0.3) is 0 Å². The number of rotatable bonds is 4. The van der Waals surface area contributed by atoms with Crippen LogP contribution in [0.25, 0.3) is 0 Å². The molecule has 0 aromatic rings. The molecule has 0 aromatic carbocycles. The van der Waals surface area contributed by atoms with Crippen molar-refractivity contribution in [3.8, 4) is 0 Å². The summed E-state index contributed by atoms with van der Waals surface area (Å²) in [6.45, 7) is 9.79. The highest BCUT2D eigenvalue weighted by atomic mass is 32.2. The monoisotopic (exact) mass is 408 g/mol. The Bertz CT molecular complexity index is 712. The highest BCUT2D eigenvalue weighted by Gasteiger charge is 2.71. The highest BCUT2D eigenvalue weighted by molar-refractivity contribution is 8.01. The fourth-order valence-corrected chi connectivity index (χ4v) is 5.63. The maximum Gasteiger partial charge on any atom is 0.331 e. The van der Waals surface area contributed by atoms with Gasteiger partial charge in [0.15, 0.2) is 0 Å². The Balaban J connectivity index is 2.03. The van der Waals surface area contributed by atoms with Crippen molar-refractivity contribution in [3.05, 3.63) is 23.6 Å². The van der Waals surface area contributed by atoms with E-state index in [0.29, 0.717) is 18.4 Å². The van der Waals surface area contributed by atoms with Crippen LogP contribution in [-0.2, 0) is 28.6 Å². The molecule has 2 aliphatic carbocycles. The van der Waals surface area contributed by atoms with Crippen LogP contribution >= 0.6 is 11.8 Å². The fourth-order valence-electron chi connectivity index (χ4n) is 5.38. The Morgan fingerprint density at radius 3 is 2.61 bits per heavy atom. The third kappa shape index (κ3) is 3.17. The molecule has 0 aromatic heterocycles. The Kier molecular flexibility index (Phi) is 5.67. The van der Waals surface area contributed by atoms with Gasteiger partial charge in [-0.05, 0) is 47.8 Å². The molecule has 1 saturated heterocycles. The van der Waals surface area contributed by atoms with E-state index in [9.17, 15) is 14.4 Å². The minimum atomic E-state index is -1.07. The normalized spacial score (nSPS) is 39.9. The van der Waals surface area contributed by atoms with E-state index < -0.39 is 29.6 Å². The molecule has 0 amide bonds. The lowest BCUT2D eigenvalue weighted by atomic mass is 9.61. The predicted octanol–water partition coefficient (Wildman–Crippen LogP) is 3.26. The third-order valence-electron chi connectivity index (χ3n) is 6.92. The second-order valence-electron chi connectivity index (χ2n) is 8.38. The van der Waals surface area contributed by atoms with Gasteiger partial charge in [-0.15, -0.1) is 11.8 Å². The summed E-state index contributed by atoms with van der Waals surface area (Å²) in [7, 11) is 0. The van der Waals surface area contributed by atoms with Gasteiger partial charge in [0.2, 0.25) is 0 Å². The van der Waals surface area contributed by atoms with E-state index in [0.717, 1.165) is 6.42 Å². The molecule has 0 bridgehead atoms. The van der Waals surface area contributed by atoms with Crippen molar-refractivity contribution >= 4 is 29.7 Å². The summed E-state index contributed by atoms with van der Waals surface area (Å²) in [6, 6.07) is 0. The fraction of sp³-hybridized carbons (Fsp3) is 0.667. The first kappa shape index (κ1) is 21.0. The highest BCUT2D eigenvalue weighted by Crippen LogP contribution is 2.66. The van der Waals surface area contributed by atoms with E-state index >= 15 is 0 Å². The smallest absolute Gasteiger partial charge is 0.331 e. The Morgan fingerprint density at radius 2 is 2.04 bits per heavy atom. The van der Waals surface area contributed by atoms with Gasteiger partial charge in [0, 0.05) is 18.9 Å². The Labute approximate surface area is 170 Å². The average Bonchev–Trinajstić information content (AvgIpc) is 3.06. The Hall–Kier alpha value is -1.76. The minimum Gasteiger partial charge on any atom is -0.461 e. The number of hydrogen-bond acceptors (Lipinski definition) is 7. The lowest BCUT2D eigenvalue weighted by molar-refractivity contribution is -0.172. The second-order valence-corrected chi connectivity index (χ2v) is 9.13. The standard InChI is InChI=1S/C21H28O6S/c1-12-6-7-15(27-16(23)8-9-28-5)17-18(26-14(3)22)21(11-20(12,17)4)13(2)10-25-19(21)24/h8-9,12,15,17-18H,2,6-7,10-11H2,1,3-5H3/b9-8-/t12-,15-,17+,18+,20+,21?/m0/s1. The molecule has 0 radical (unpaired) electrons. The van der Waals surface area contributed by atoms with Crippen LogP contribution < -0.4 is 0 Å². The lowest BCUT2D eigenvalue weighted by Gasteiger charge is -2.46. The summed E-state index contributed by atoms with van der Waals surface area (Å²) in [5.74, 6) is -1.31. The van der Waals surface area contributed by atoms with Crippen molar-refractivity contribution < 1.29 is 28.6 Å². The first-order chi connectivity index (χ1) is 13.2. The van der Waals surface area contributed by atoms with Crippen LogP contribution in [0.4, 0.5) is 0 Å². The van der Waals surface area contributed by atoms with Crippen molar-refractivity contribution in [1.82, 2.24) is 0 Å². The molecule has 7 heteroatoms. The Morgan fingerprint density at radius 1 is 1.32 bits per heavy atom. The van der Waals surface area contributed by atoms with E-state index in [4.69, 9.17) is 14.2 Å². The van der Waals surface area contributed by atoms with Crippen LogP contribution in [0.15, 0.2) is 23.6 Å². The van der Waals surface area contributed by atoms with E-state index in [-0.39, 0.29) is 29.8 Å². The number of carbonyl (C=O) groups excluding carboxylic acids is 3. The predicted molar refractivity (Wildman–Crippen MR) is 105 cm³/mol. The maximum absolute atomic E-state index is 12.9. The maximum atomic E-state index is 12.9. The van der Waals surface area contributed by atoms with Gasteiger partial charge in [-0.2, -0.15) is 0 Å². The van der Waals surface area contributed by atoms with Crippen molar-refractivity contribution in [2.24, 2.45) is 22.7 Å². The van der Waals surface area contributed by atoms with Crippen LogP contribution in [0.5, 0.6) is 0 Å². The summed E-state index contributed by atoms with van der Waals surface area (Å²) < 4.78 is 16.9. The first-order valence-electron chi connectivity index (χ1n) is 9.59. The molecule has 1 unspecified atom stereocenters. The van der Waals surface area contributed by atoms with Gasteiger partial charge >= 0.3 is 17.9 Å². The number of thioether (sulfide) groups is 1. The number of carbonyl (C=O) groups is 3. The summed E-state index contributed by atoms with van der Waals surface area (Å²) in [5.41, 5.74) is -0.776.